The highest BCUT2D eigenvalue weighted by atomic mass is 19.4. The van der Waals surface area contributed by atoms with Crippen molar-refractivity contribution < 1.29 is 27.1 Å². The average Bonchev–Trinajstić information content (AvgIpc) is 2.60. The Bertz CT molecular complexity index is 833. The highest BCUT2D eigenvalue weighted by molar-refractivity contribution is 5.73. The van der Waals surface area contributed by atoms with Gasteiger partial charge in [0, 0.05) is 25.3 Å². The van der Waals surface area contributed by atoms with Gasteiger partial charge in [0.15, 0.2) is 0 Å². The SMILES string of the molecule is CC(=O)N[C@]1(C)C[C@@H](c2ccc(F)cc2)O[C@@H](c2ccc(C(F)(F)F)cc2)C1. The minimum absolute atomic E-state index is 0.201. The van der Waals surface area contributed by atoms with Gasteiger partial charge in [0.05, 0.1) is 17.8 Å². The maximum Gasteiger partial charge on any atom is 0.416 e. The van der Waals surface area contributed by atoms with Crippen LogP contribution in [0, 0.1) is 5.82 Å². The Balaban J connectivity index is 1.91. The van der Waals surface area contributed by atoms with Crippen LogP contribution in [0.4, 0.5) is 17.6 Å². The van der Waals surface area contributed by atoms with Gasteiger partial charge in [0.1, 0.15) is 5.82 Å². The zero-order valence-corrected chi connectivity index (χ0v) is 15.5. The molecule has 1 N–H and O–H groups in total. The molecule has 0 unspecified atom stereocenters. The molecule has 1 fully saturated rings. The number of hydrogen-bond donors (Lipinski definition) is 1. The number of nitrogens with one attached hydrogen (secondary N) is 1. The van der Waals surface area contributed by atoms with Crippen molar-refractivity contribution in [3.63, 3.8) is 0 Å². The normalized spacial score (nSPS) is 25.4. The summed E-state index contributed by atoms with van der Waals surface area (Å²) >= 11 is 0. The molecule has 7 heteroatoms. The first-order chi connectivity index (χ1) is 13.1. The van der Waals surface area contributed by atoms with Crippen LogP contribution in [-0.4, -0.2) is 11.4 Å². The van der Waals surface area contributed by atoms with Crippen LogP contribution in [0.1, 0.15) is 55.6 Å². The number of carbonyl (C=O) groups is 1. The van der Waals surface area contributed by atoms with E-state index in [1.165, 1.54) is 31.2 Å². The van der Waals surface area contributed by atoms with E-state index in [-0.39, 0.29) is 11.7 Å². The summed E-state index contributed by atoms with van der Waals surface area (Å²) in [7, 11) is 0. The summed E-state index contributed by atoms with van der Waals surface area (Å²) in [5, 5.41) is 2.93. The fraction of sp³-hybridized carbons (Fsp3) is 0.381. The third-order valence-electron chi connectivity index (χ3n) is 4.93. The first kappa shape index (κ1) is 20.3. The summed E-state index contributed by atoms with van der Waals surface area (Å²) in [6.45, 7) is 3.30. The number of carbonyl (C=O) groups excluding carboxylic acids is 1. The maximum atomic E-state index is 13.3. The number of hydrogen-bond acceptors (Lipinski definition) is 2. The summed E-state index contributed by atoms with van der Waals surface area (Å²) in [5.41, 5.74) is -0.00556. The second-order valence-electron chi connectivity index (χ2n) is 7.43. The number of benzene rings is 2. The molecule has 2 aromatic rings. The molecule has 1 saturated heterocycles. The van der Waals surface area contributed by atoms with Crippen molar-refractivity contribution in [3.05, 3.63) is 71.0 Å². The molecule has 0 aromatic heterocycles. The van der Waals surface area contributed by atoms with Crippen LogP contribution in [0.15, 0.2) is 48.5 Å². The first-order valence-corrected chi connectivity index (χ1v) is 8.93. The summed E-state index contributed by atoms with van der Waals surface area (Å²) in [4.78, 5) is 11.7. The minimum atomic E-state index is -4.41. The molecule has 1 aliphatic rings. The number of alkyl halides is 3. The van der Waals surface area contributed by atoms with Crippen molar-refractivity contribution in [2.75, 3.05) is 0 Å². The molecule has 150 valence electrons. The van der Waals surface area contributed by atoms with Gasteiger partial charge in [-0.25, -0.2) is 4.39 Å². The molecule has 2 aromatic carbocycles. The van der Waals surface area contributed by atoms with E-state index in [9.17, 15) is 22.4 Å². The molecule has 0 spiro atoms. The summed E-state index contributed by atoms with van der Waals surface area (Å²) in [6, 6.07) is 10.7. The second-order valence-corrected chi connectivity index (χ2v) is 7.43. The van der Waals surface area contributed by atoms with E-state index in [1.807, 2.05) is 6.92 Å². The molecular formula is C21H21F4NO2. The van der Waals surface area contributed by atoms with E-state index in [4.69, 9.17) is 4.74 Å². The van der Waals surface area contributed by atoms with E-state index in [0.717, 1.165) is 17.7 Å². The van der Waals surface area contributed by atoms with Crippen LogP contribution in [0.25, 0.3) is 0 Å². The van der Waals surface area contributed by atoms with E-state index < -0.39 is 29.5 Å². The molecule has 3 nitrogen and oxygen atoms in total. The van der Waals surface area contributed by atoms with Crippen molar-refractivity contribution in [2.24, 2.45) is 0 Å². The van der Waals surface area contributed by atoms with Gasteiger partial charge < -0.3 is 10.1 Å². The molecule has 0 aliphatic carbocycles. The molecule has 1 heterocycles. The van der Waals surface area contributed by atoms with Crippen molar-refractivity contribution >= 4 is 5.91 Å². The molecule has 0 bridgehead atoms. The van der Waals surface area contributed by atoms with E-state index in [1.54, 1.807) is 12.1 Å². The van der Waals surface area contributed by atoms with Gasteiger partial charge in [-0.2, -0.15) is 13.2 Å². The fourth-order valence-electron chi connectivity index (χ4n) is 3.68. The molecule has 1 aliphatic heterocycles. The van der Waals surface area contributed by atoms with E-state index in [2.05, 4.69) is 5.32 Å². The Hall–Kier alpha value is -2.41. The van der Waals surface area contributed by atoms with Crippen LogP contribution < -0.4 is 5.32 Å². The molecule has 1 amide bonds. The molecule has 28 heavy (non-hydrogen) atoms. The fourth-order valence-corrected chi connectivity index (χ4v) is 3.68. The highest BCUT2D eigenvalue weighted by Crippen LogP contribution is 2.44. The van der Waals surface area contributed by atoms with Gasteiger partial charge in [-0.15, -0.1) is 0 Å². The number of rotatable bonds is 3. The Morgan fingerprint density at radius 3 is 1.89 bits per heavy atom. The smallest absolute Gasteiger partial charge is 0.365 e. The van der Waals surface area contributed by atoms with Gasteiger partial charge in [0.2, 0.25) is 5.91 Å². The van der Waals surface area contributed by atoms with Crippen LogP contribution >= 0.6 is 0 Å². The van der Waals surface area contributed by atoms with Crippen LogP contribution in [-0.2, 0) is 15.7 Å². The lowest BCUT2D eigenvalue weighted by atomic mass is 9.81. The zero-order valence-electron chi connectivity index (χ0n) is 15.5. The summed E-state index contributed by atoms with van der Waals surface area (Å²) in [5.74, 6) is -0.572. The Kier molecular flexibility index (Phi) is 5.48. The van der Waals surface area contributed by atoms with Gasteiger partial charge in [0.25, 0.3) is 0 Å². The molecule has 0 radical (unpaired) electrons. The van der Waals surface area contributed by atoms with Crippen molar-refractivity contribution in [3.8, 4) is 0 Å². The predicted molar refractivity (Wildman–Crippen MR) is 95.9 cm³/mol. The number of ether oxygens (including phenoxy) is 1. The van der Waals surface area contributed by atoms with Crippen molar-refractivity contribution in [1.29, 1.82) is 0 Å². The molecule has 3 rings (SSSR count). The third-order valence-corrected chi connectivity index (χ3v) is 4.93. The lowest BCUT2D eigenvalue weighted by Gasteiger charge is -2.43. The Labute approximate surface area is 160 Å². The topological polar surface area (TPSA) is 38.3 Å². The van der Waals surface area contributed by atoms with Crippen molar-refractivity contribution in [1.82, 2.24) is 5.32 Å². The predicted octanol–water partition coefficient (Wildman–Crippen LogP) is 5.33. The lowest BCUT2D eigenvalue weighted by molar-refractivity contribution is -0.137. The lowest BCUT2D eigenvalue weighted by Crippen LogP contribution is -2.50. The monoisotopic (exact) mass is 395 g/mol. The van der Waals surface area contributed by atoms with Crippen LogP contribution in [0.2, 0.25) is 0 Å². The standard InChI is InChI=1S/C21H21F4NO2/c1-13(27)26-20(2)11-18(14-3-7-16(8-4-14)21(23,24)25)28-19(12-20)15-5-9-17(22)10-6-15/h3-10,18-19H,11-12H2,1-2H3,(H,26,27)/t18-,19+,20+/m1/s1. The van der Waals surface area contributed by atoms with Crippen LogP contribution in [0.5, 0.6) is 0 Å². The van der Waals surface area contributed by atoms with E-state index >= 15 is 0 Å². The molecular weight excluding hydrogens is 374 g/mol. The Morgan fingerprint density at radius 1 is 1.00 bits per heavy atom. The van der Waals surface area contributed by atoms with Gasteiger partial charge in [-0.1, -0.05) is 24.3 Å². The number of halogens is 4. The zero-order chi connectivity index (χ0) is 20.5. The quantitative estimate of drug-likeness (QED) is 0.713. The summed E-state index contributed by atoms with van der Waals surface area (Å²) in [6.07, 6.45) is -4.47. The molecule has 0 saturated carbocycles. The highest BCUT2D eigenvalue weighted by Gasteiger charge is 2.40. The first-order valence-electron chi connectivity index (χ1n) is 8.93. The van der Waals surface area contributed by atoms with Crippen LogP contribution in [0.3, 0.4) is 0 Å². The van der Waals surface area contributed by atoms with E-state index in [0.29, 0.717) is 18.4 Å². The average molecular weight is 395 g/mol. The van der Waals surface area contributed by atoms with Gasteiger partial charge in [-0.05, 0) is 42.3 Å². The second kappa shape index (κ2) is 7.54. The third kappa shape index (κ3) is 4.70. The van der Waals surface area contributed by atoms with Crippen molar-refractivity contribution in [2.45, 2.75) is 50.6 Å². The number of amides is 1. The largest absolute Gasteiger partial charge is 0.416 e. The van der Waals surface area contributed by atoms with Gasteiger partial charge in [-0.3, -0.25) is 4.79 Å². The Morgan fingerprint density at radius 2 is 1.46 bits per heavy atom. The minimum Gasteiger partial charge on any atom is -0.365 e. The van der Waals surface area contributed by atoms with Gasteiger partial charge >= 0.3 is 6.18 Å². The maximum absolute atomic E-state index is 13.3. The molecule has 3 atom stereocenters. The summed E-state index contributed by atoms with van der Waals surface area (Å²) < 4.78 is 57.9.